The average Bonchev–Trinajstić information content (AvgIpc) is 2.87. The van der Waals surface area contributed by atoms with E-state index in [2.05, 4.69) is 15.4 Å². The molecule has 3 N–H and O–H groups in total. The Morgan fingerprint density at radius 3 is 2.78 bits per heavy atom. The normalized spacial score (nSPS) is 11.4. The van der Waals surface area contributed by atoms with E-state index in [4.69, 9.17) is 15.2 Å². The fourth-order valence-corrected chi connectivity index (χ4v) is 2.36. The molecule has 0 aliphatic carbocycles. The van der Waals surface area contributed by atoms with Crippen LogP contribution in [-0.2, 0) is 20.0 Å². The lowest BCUT2D eigenvalue weighted by atomic mass is 10.2. The van der Waals surface area contributed by atoms with Crippen molar-refractivity contribution in [3.63, 3.8) is 0 Å². The molecule has 0 amide bonds. The minimum atomic E-state index is 0.325. The van der Waals surface area contributed by atoms with Gasteiger partial charge in [0, 0.05) is 18.8 Å². The Hall–Kier alpha value is -2.70. The van der Waals surface area contributed by atoms with E-state index in [0.717, 1.165) is 29.1 Å². The predicted molar refractivity (Wildman–Crippen MR) is 91.1 cm³/mol. The highest BCUT2D eigenvalue weighted by Gasteiger charge is 2.15. The lowest BCUT2D eigenvalue weighted by Crippen LogP contribution is -2.22. The van der Waals surface area contributed by atoms with Crippen LogP contribution in [0.1, 0.15) is 18.2 Å². The minimum absolute atomic E-state index is 0.325. The monoisotopic (exact) mass is 317 g/mol. The number of rotatable bonds is 6. The second kappa shape index (κ2) is 7.53. The van der Waals surface area contributed by atoms with Gasteiger partial charge in [-0.1, -0.05) is 13.0 Å². The van der Waals surface area contributed by atoms with Crippen LogP contribution in [0.4, 0.5) is 5.69 Å². The quantitative estimate of drug-likeness (QED) is 0.628. The first-order valence-electron chi connectivity index (χ1n) is 7.38. The van der Waals surface area contributed by atoms with Crippen molar-refractivity contribution in [3.05, 3.63) is 35.5 Å². The Bertz CT molecular complexity index is 694. The van der Waals surface area contributed by atoms with Crippen LogP contribution < -0.4 is 20.5 Å². The number of nitrogens with one attached hydrogen (secondary N) is 1. The number of aryl methyl sites for hydroxylation is 2. The van der Waals surface area contributed by atoms with Crippen molar-refractivity contribution in [3.8, 4) is 11.6 Å². The predicted octanol–water partition coefficient (Wildman–Crippen LogP) is 1.93. The number of hydrogen-bond donors (Lipinski definition) is 2. The maximum Gasteiger partial charge on any atom is 0.216 e. The first kappa shape index (κ1) is 16.7. The highest BCUT2D eigenvalue weighted by Crippen LogP contribution is 2.23. The van der Waals surface area contributed by atoms with Gasteiger partial charge in [-0.2, -0.15) is 5.10 Å². The molecule has 0 aliphatic heterocycles. The largest absolute Gasteiger partial charge is 0.497 e. The molecule has 1 aromatic carbocycles. The van der Waals surface area contributed by atoms with Crippen molar-refractivity contribution in [2.75, 3.05) is 19.5 Å². The summed E-state index contributed by atoms with van der Waals surface area (Å²) in [4.78, 5) is 4.38. The van der Waals surface area contributed by atoms with E-state index in [1.807, 2.05) is 38.2 Å². The van der Waals surface area contributed by atoms with Gasteiger partial charge >= 0.3 is 0 Å². The Morgan fingerprint density at radius 1 is 1.35 bits per heavy atom. The number of benzene rings is 1. The van der Waals surface area contributed by atoms with Gasteiger partial charge in [-0.25, -0.2) is 9.67 Å². The lowest BCUT2D eigenvalue weighted by molar-refractivity contribution is 0.369. The first-order valence-corrected chi connectivity index (χ1v) is 7.38. The Kier molecular flexibility index (Phi) is 5.46. The van der Waals surface area contributed by atoms with E-state index >= 15 is 0 Å². The van der Waals surface area contributed by atoms with Gasteiger partial charge in [-0.3, -0.25) is 0 Å². The molecular formula is C16H23N5O2. The van der Waals surface area contributed by atoms with Crippen LogP contribution in [0, 0.1) is 0 Å². The van der Waals surface area contributed by atoms with E-state index < -0.39 is 0 Å². The average molecular weight is 317 g/mol. The van der Waals surface area contributed by atoms with E-state index in [9.17, 15) is 0 Å². The molecule has 0 spiro atoms. The van der Waals surface area contributed by atoms with Crippen LogP contribution in [0.3, 0.4) is 0 Å². The SMILES string of the molecule is CCc1nn(C)c(OC)c1CN=C(N)Nc1cccc(OC)c1. The fourth-order valence-electron chi connectivity index (χ4n) is 2.36. The molecule has 0 unspecified atom stereocenters. The summed E-state index contributed by atoms with van der Waals surface area (Å²) in [6.45, 7) is 2.45. The molecule has 124 valence electrons. The molecular weight excluding hydrogens is 294 g/mol. The number of aliphatic imine (C=N–C) groups is 1. The Labute approximate surface area is 136 Å². The summed E-state index contributed by atoms with van der Waals surface area (Å²) >= 11 is 0. The van der Waals surface area contributed by atoms with Gasteiger partial charge in [0.05, 0.1) is 32.0 Å². The van der Waals surface area contributed by atoms with Crippen molar-refractivity contribution < 1.29 is 9.47 Å². The second-order valence-electron chi connectivity index (χ2n) is 4.97. The zero-order valence-electron chi connectivity index (χ0n) is 14.0. The molecule has 0 atom stereocenters. The van der Waals surface area contributed by atoms with Gasteiger partial charge in [-0.15, -0.1) is 0 Å². The third-order valence-electron chi connectivity index (χ3n) is 3.45. The molecule has 23 heavy (non-hydrogen) atoms. The molecule has 0 radical (unpaired) electrons. The van der Waals surface area contributed by atoms with Gasteiger partial charge in [-0.05, 0) is 18.6 Å². The summed E-state index contributed by atoms with van der Waals surface area (Å²) in [5.74, 6) is 1.79. The van der Waals surface area contributed by atoms with E-state index in [0.29, 0.717) is 18.4 Å². The van der Waals surface area contributed by atoms with E-state index in [1.165, 1.54) is 0 Å². The molecule has 1 heterocycles. The van der Waals surface area contributed by atoms with Crippen LogP contribution in [0.2, 0.25) is 0 Å². The molecule has 0 saturated carbocycles. The summed E-state index contributed by atoms with van der Waals surface area (Å²) in [5, 5.41) is 7.48. The maximum atomic E-state index is 5.96. The highest BCUT2D eigenvalue weighted by molar-refractivity contribution is 5.92. The van der Waals surface area contributed by atoms with Crippen LogP contribution in [-0.4, -0.2) is 30.0 Å². The van der Waals surface area contributed by atoms with Gasteiger partial charge < -0.3 is 20.5 Å². The summed E-state index contributed by atoms with van der Waals surface area (Å²) in [6, 6.07) is 7.50. The number of anilines is 1. The molecule has 0 aliphatic rings. The topological polar surface area (TPSA) is 86.7 Å². The van der Waals surface area contributed by atoms with E-state index in [-0.39, 0.29) is 0 Å². The van der Waals surface area contributed by atoms with Crippen LogP contribution in [0.25, 0.3) is 0 Å². The van der Waals surface area contributed by atoms with Crippen LogP contribution in [0.15, 0.2) is 29.3 Å². The Morgan fingerprint density at radius 2 is 2.13 bits per heavy atom. The van der Waals surface area contributed by atoms with E-state index in [1.54, 1.807) is 18.9 Å². The third-order valence-corrected chi connectivity index (χ3v) is 3.45. The van der Waals surface area contributed by atoms with Gasteiger partial charge in [0.15, 0.2) is 5.96 Å². The van der Waals surface area contributed by atoms with Crippen LogP contribution in [0.5, 0.6) is 11.6 Å². The van der Waals surface area contributed by atoms with Crippen molar-refractivity contribution in [1.82, 2.24) is 9.78 Å². The summed E-state index contributed by atoms with van der Waals surface area (Å²) in [5.41, 5.74) is 8.70. The summed E-state index contributed by atoms with van der Waals surface area (Å²) < 4.78 is 12.3. The molecule has 1 aromatic heterocycles. The molecule has 0 bridgehead atoms. The number of ether oxygens (including phenoxy) is 2. The van der Waals surface area contributed by atoms with Gasteiger partial charge in [0.2, 0.25) is 5.88 Å². The van der Waals surface area contributed by atoms with Gasteiger partial charge in [0.1, 0.15) is 5.75 Å². The number of nitrogens with zero attached hydrogens (tertiary/aromatic N) is 3. The molecule has 7 nitrogen and oxygen atoms in total. The lowest BCUT2D eigenvalue weighted by Gasteiger charge is -2.08. The number of guanidine groups is 1. The smallest absolute Gasteiger partial charge is 0.216 e. The summed E-state index contributed by atoms with van der Waals surface area (Å²) in [6.07, 6.45) is 0.811. The third kappa shape index (κ3) is 3.94. The van der Waals surface area contributed by atoms with Gasteiger partial charge in [0.25, 0.3) is 0 Å². The number of methoxy groups -OCH3 is 2. The zero-order valence-corrected chi connectivity index (χ0v) is 14.0. The number of hydrogen-bond acceptors (Lipinski definition) is 4. The van der Waals surface area contributed by atoms with Crippen molar-refractivity contribution in [2.24, 2.45) is 17.8 Å². The first-order chi connectivity index (χ1) is 11.1. The zero-order chi connectivity index (χ0) is 16.8. The molecule has 7 heteroatoms. The van der Waals surface area contributed by atoms with Crippen molar-refractivity contribution in [1.29, 1.82) is 0 Å². The fraction of sp³-hybridized carbons (Fsp3) is 0.375. The highest BCUT2D eigenvalue weighted by atomic mass is 16.5. The summed E-state index contributed by atoms with van der Waals surface area (Å²) in [7, 11) is 5.10. The minimum Gasteiger partial charge on any atom is -0.497 e. The maximum absolute atomic E-state index is 5.96. The second-order valence-corrected chi connectivity index (χ2v) is 4.97. The standard InChI is InChI=1S/C16H23N5O2/c1-5-14-13(15(23-4)21(2)20-14)10-18-16(17)19-11-7-6-8-12(9-11)22-3/h6-9H,5,10H2,1-4H3,(H3,17,18,19). The van der Waals surface area contributed by atoms with Crippen LogP contribution >= 0.6 is 0 Å². The van der Waals surface area contributed by atoms with Crippen molar-refractivity contribution >= 4 is 11.6 Å². The van der Waals surface area contributed by atoms with Crippen molar-refractivity contribution in [2.45, 2.75) is 19.9 Å². The molecule has 0 fully saturated rings. The molecule has 0 saturated heterocycles. The Balaban J connectivity index is 2.13. The number of aromatic nitrogens is 2. The number of nitrogens with two attached hydrogens (primary N) is 1. The molecule has 2 aromatic rings. The molecule has 2 rings (SSSR count).